The Hall–Kier alpha value is -3.05. The molecule has 4 rings (SSSR count). The maximum atomic E-state index is 14.2. The van der Waals surface area contributed by atoms with Crippen molar-refractivity contribution in [3.8, 4) is 5.69 Å². The van der Waals surface area contributed by atoms with E-state index in [1.54, 1.807) is 0 Å². The van der Waals surface area contributed by atoms with E-state index in [0.717, 1.165) is 61.2 Å². The van der Waals surface area contributed by atoms with E-state index >= 15 is 0 Å². The van der Waals surface area contributed by atoms with Crippen LogP contribution in [0.5, 0.6) is 0 Å². The Kier molecular flexibility index (Phi) is 9.09. The quantitative estimate of drug-likeness (QED) is 0.265. The molecule has 1 aromatic heterocycles. The van der Waals surface area contributed by atoms with E-state index in [4.69, 9.17) is 11.6 Å². The van der Waals surface area contributed by atoms with Gasteiger partial charge in [0.25, 0.3) is 0 Å². The van der Waals surface area contributed by atoms with Crippen LogP contribution in [0, 0.1) is 5.92 Å². The van der Waals surface area contributed by atoms with Crippen molar-refractivity contribution in [3.05, 3.63) is 83.1 Å². The highest BCUT2D eigenvalue weighted by Gasteiger charge is 2.37. The van der Waals surface area contributed by atoms with Gasteiger partial charge in [-0.15, -0.1) is 0 Å². The molecule has 0 radical (unpaired) electrons. The zero-order valence-electron chi connectivity index (χ0n) is 22.2. The van der Waals surface area contributed by atoms with E-state index in [1.807, 2.05) is 70.6 Å². The zero-order valence-corrected chi connectivity index (χ0v) is 23.0. The van der Waals surface area contributed by atoms with Crippen LogP contribution in [0.1, 0.15) is 76.6 Å². The lowest BCUT2D eigenvalue weighted by atomic mass is 9.96. The summed E-state index contributed by atoms with van der Waals surface area (Å²) in [6, 6.07) is 19.4. The molecule has 6 heteroatoms. The third-order valence-corrected chi connectivity index (χ3v) is 7.59. The minimum Gasteiger partial charge on any atom is -0.333 e. The van der Waals surface area contributed by atoms with Crippen molar-refractivity contribution in [2.45, 2.75) is 65.3 Å². The minimum absolute atomic E-state index is 0.0393. The molecule has 2 aromatic carbocycles. The van der Waals surface area contributed by atoms with Gasteiger partial charge in [0.15, 0.2) is 0 Å². The molecule has 0 bridgehead atoms. The van der Waals surface area contributed by atoms with Crippen LogP contribution in [0.3, 0.4) is 0 Å². The van der Waals surface area contributed by atoms with Crippen LogP contribution >= 0.6 is 11.6 Å². The third-order valence-electron chi connectivity index (χ3n) is 7.34. The summed E-state index contributed by atoms with van der Waals surface area (Å²) in [7, 11) is 0. The first-order valence-corrected chi connectivity index (χ1v) is 14.0. The number of hydrogen-bond acceptors (Lipinski definition) is 2. The minimum atomic E-state index is -0.320. The van der Waals surface area contributed by atoms with Gasteiger partial charge in [-0.25, -0.2) is 0 Å². The molecule has 1 aliphatic rings. The van der Waals surface area contributed by atoms with Gasteiger partial charge in [-0.1, -0.05) is 75.9 Å². The SMILES string of the molecule is CCCCC(CC)C(=O)N(CCCC)CC(=O)N1c2ccccc2-n2cccc2C1c1ccc(Cl)cc1. The fourth-order valence-corrected chi connectivity index (χ4v) is 5.42. The van der Waals surface area contributed by atoms with E-state index in [-0.39, 0.29) is 30.3 Å². The number of carbonyl (C=O) groups is 2. The first-order chi connectivity index (χ1) is 18.0. The maximum Gasteiger partial charge on any atom is 0.247 e. The van der Waals surface area contributed by atoms with Crippen LogP contribution in [0.4, 0.5) is 5.69 Å². The molecule has 0 saturated heterocycles. The topological polar surface area (TPSA) is 45.6 Å². The lowest BCUT2D eigenvalue weighted by Gasteiger charge is -2.39. The Bertz CT molecular complexity index is 1200. The van der Waals surface area contributed by atoms with Crippen LogP contribution in [0.25, 0.3) is 5.69 Å². The highest BCUT2D eigenvalue weighted by atomic mass is 35.5. The average Bonchev–Trinajstić information content (AvgIpc) is 3.41. The number of para-hydroxylation sites is 2. The number of anilines is 1. The van der Waals surface area contributed by atoms with Crippen molar-refractivity contribution in [1.29, 1.82) is 0 Å². The van der Waals surface area contributed by atoms with Gasteiger partial charge in [0.1, 0.15) is 12.6 Å². The fraction of sp³-hybridized carbons (Fsp3) is 0.419. The summed E-state index contributed by atoms with van der Waals surface area (Å²) in [4.78, 5) is 31.6. The van der Waals surface area contributed by atoms with Crippen LogP contribution in [0.15, 0.2) is 66.9 Å². The second kappa shape index (κ2) is 12.5. The molecule has 2 atom stereocenters. The third kappa shape index (κ3) is 5.77. The largest absolute Gasteiger partial charge is 0.333 e. The second-order valence-corrected chi connectivity index (χ2v) is 10.3. The van der Waals surface area contributed by atoms with Crippen LogP contribution in [-0.4, -0.2) is 34.4 Å². The highest BCUT2D eigenvalue weighted by Crippen LogP contribution is 2.42. The van der Waals surface area contributed by atoms with Gasteiger partial charge in [0, 0.05) is 23.7 Å². The number of nitrogens with zero attached hydrogens (tertiary/aromatic N) is 3. The summed E-state index contributed by atoms with van der Waals surface area (Å²) < 4.78 is 2.15. The lowest BCUT2D eigenvalue weighted by Crippen LogP contribution is -2.48. The van der Waals surface area contributed by atoms with Gasteiger partial charge < -0.3 is 9.47 Å². The van der Waals surface area contributed by atoms with E-state index in [1.165, 1.54) is 0 Å². The van der Waals surface area contributed by atoms with E-state index in [9.17, 15) is 9.59 Å². The molecule has 5 nitrogen and oxygen atoms in total. The second-order valence-electron chi connectivity index (χ2n) is 9.87. The van der Waals surface area contributed by atoms with Crippen molar-refractivity contribution in [2.75, 3.05) is 18.0 Å². The van der Waals surface area contributed by atoms with Gasteiger partial charge in [-0.2, -0.15) is 0 Å². The van der Waals surface area contributed by atoms with E-state index in [2.05, 4.69) is 31.4 Å². The number of carbonyl (C=O) groups excluding carboxylic acids is 2. The van der Waals surface area contributed by atoms with Crippen LogP contribution in [-0.2, 0) is 9.59 Å². The predicted molar refractivity (Wildman–Crippen MR) is 151 cm³/mol. The van der Waals surface area contributed by atoms with Gasteiger partial charge in [-0.05, 0) is 61.2 Å². The summed E-state index contributed by atoms with van der Waals surface area (Å²) in [5.41, 5.74) is 3.79. The molecule has 37 heavy (non-hydrogen) atoms. The smallest absolute Gasteiger partial charge is 0.247 e. The van der Waals surface area contributed by atoms with Gasteiger partial charge >= 0.3 is 0 Å². The molecular formula is C31H38ClN3O2. The number of benzene rings is 2. The highest BCUT2D eigenvalue weighted by molar-refractivity contribution is 6.30. The first-order valence-electron chi connectivity index (χ1n) is 13.6. The van der Waals surface area contributed by atoms with Crippen molar-refractivity contribution in [3.63, 3.8) is 0 Å². The Balaban J connectivity index is 1.72. The molecule has 0 aliphatic carbocycles. The Morgan fingerprint density at radius 1 is 0.919 bits per heavy atom. The average molecular weight is 520 g/mol. The number of fused-ring (bicyclic) bond motifs is 3. The summed E-state index contributed by atoms with van der Waals surface area (Å²) in [5, 5.41) is 0.655. The van der Waals surface area contributed by atoms with Gasteiger partial charge in [0.05, 0.1) is 17.1 Å². The Labute approximate surface area is 226 Å². The van der Waals surface area contributed by atoms with Crippen LogP contribution in [0.2, 0.25) is 5.02 Å². The van der Waals surface area contributed by atoms with E-state index in [0.29, 0.717) is 11.6 Å². The zero-order chi connectivity index (χ0) is 26.4. The molecule has 2 unspecified atom stereocenters. The van der Waals surface area contributed by atoms with Crippen molar-refractivity contribution in [2.24, 2.45) is 5.92 Å². The number of unbranched alkanes of at least 4 members (excludes halogenated alkanes) is 2. The molecule has 2 amide bonds. The van der Waals surface area contributed by atoms with Crippen molar-refractivity contribution < 1.29 is 9.59 Å². The van der Waals surface area contributed by atoms with Gasteiger partial charge in [-0.3, -0.25) is 14.5 Å². The molecule has 2 heterocycles. The lowest BCUT2D eigenvalue weighted by molar-refractivity contribution is -0.139. The number of halogens is 1. The Morgan fingerprint density at radius 2 is 1.62 bits per heavy atom. The molecular weight excluding hydrogens is 482 g/mol. The molecule has 0 N–H and O–H groups in total. The molecule has 0 fully saturated rings. The standard InChI is InChI=1S/C31H38ClN3O2/c1-4-7-12-23(6-3)31(37)33(20-8-5-2)22-29(36)35-27-14-10-9-13-26(27)34-21-11-15-28(34)30(35)24-16-18-25(32)19-17-24/h9-11,13-19,21,23,30H,4-8,12,20,22H2,1-3H3. The number of aromatic nitrogens is 1. The molecule has 196 valence electrons. The normalized spacial score (nSPS) is 15.1. The van der Waals surface area contributed by atoms with E-state index < -0.39 is 0 Å². The monoisotopic (exact) mass is 519 g/mol. The van der Waals surface area contributed by atoms with Crippen LogP contribution < -0.4 is 4.90 Å². The number of hydrogen-bond donors (Lipinski definition) is 0. The first kappa shape index (κ1) is 27.0. The summed E-state index contributed by atoms with van der Waals surface area (Å²) in [5.74, 6) is -0.00773. The van der Waals surface area contributed by atoms with Crippen molar-refractivity contribution in [1.82, 2.24) is 9.47 Å². The molecule has 0 spiro atoms. The summed E-state index contributed by atoms with van der Waals surface area (Å²) in [6.45, 7) is 7.01. The number of rotatable bonds is 11. The molecule has 1 aliphatic heterocycles. The van der Waals surface area contributed by atoms with Crippen molar-refractivity contribution >= 4 is 29.1 Å². The summed E-state index contributed by atoms with van der Waals surface area (Å²) >= 11 is 6.21. The predicted octanol–water partition coefficient (Wildman–Crippen LogP) is 7.41. The maximum absolute atomic E-state index is 14.2. The molecule has 3 aromatic rings. The Morgan fingerprint density at radius 3 is 2.30 bits per heavy atom. The van der Waals surface area contributed by atoms with Gasteiger partial charge in [0.2, 0.25) is 11.8 Å². The summed E-state index contributed by atoms with van der Waals surface area (Å²) in [6.07, 6.45) is 7.63. The fourth-order valence-electron chi connectivity index (χ4n) is 5.29. The number of amides is 2. The molecule has 0 saturated carbocycles.